The van der Waals surface area contributed by atoms with Crippen LogP contribution >= 0.6 is 0 Å². The van der Waals surface area contributed by atoms with Crippen molar-refractivity contribution < 1.29 is 14.3 Å². The summed E-state index contributed by atoms with van der Waals surface area (Å²) in [6.45, 7) is 6.01. The Kier molecular flexibility index (Phi) is 9.11. The van der Waals surface area contributed by atoms with E-state index in [9.17, 15) is 9.59 Å². The molecule has 46 heavy (non-hydrogen) atoms. The zero-order valence-electron chi connectivity index (χ0n) is 27.1. The van der Waals surface area contributed by atoms with Crippen LogP contribution in [0.4, 0.5) is 5.69 Å². The first-order valence-electron chi connectivity index (χ1n) is 16.2. The van der Waals surface area contributed by atoms with Crippen molar-refractivity contribution >= 4 is 17.5 Å². The number of ether oxygens (including phenoxy) is 1. The number of amides is 2. The smallest absolute Gasteiger partial charge is 0.274 e. The predicted molar refractivity (Wildman–Crippen MR) is 181 cm³/mol. The van der Waals surface area contributed by atoms with Gasteiger partial charge in [-0.25, -0.2) is 0 Å². The van der Waals surface area contributed by atoms with Crippen molar-refractivity contribution in [3.05, 3.63) is 95.2 Å². The van der Waals surface area contributed by atoms with Crippen LogP contribution in [-0.2, 0) is 13.0 Å². The van der Waals surface area contributed by atoms with E-state index >= 15 is 0 Å². The Morgan fingerprint density at radius 3 is 2.33 bits per heavy atom. The zero-order valence-corrected chi connectivity index (χ0v) is 27.1. The fraction of sp³-hybridized carbons (Fsp3) is 0.342. The van der Waals surface area contributed by atoms with Gasteiger partial charge in [0.05, 0.1) is 11.3 Å². The molecule has 0 saturated carbocycles. The monoisotopic (exact) mass is 615 g/mol. The zero-order chi connectivity index (χ0) is 32.2. The molecule has 0 radical (unpaired) electrons. The third-order valence-corrected chi connectivity index (χ3v) is 8.81. The summed E-state index contributed by atoms with van der Waals surface area (Å²) >= 11 is 0. The molecule has 1 unspecified atom stereocenters. The van der Waals surface area contributed by atoms with Crippen LogP contribution in [0.5, 0.6) is 5.88 Å². The summed E-state index contributed by atoms with van der Waals surface area (Å²) in [6.07, 6.45) is 7.28. The number of hydrogen-bond donors (Lipinski definition) is 0. The lowest BCUT2D eigenvalue weighted by atomic mass is 9.93. The Labute approximate surface area is 271 Å². The van der Waals surface area contributed by atoms with E-state index < -0.39 is 0 Å². The van der Waals surface area contributed by atoms with Gasteiger partial charge in [-0.2, -0.15) is 9.78 Å². The highest BCUT2D eigenvalue weighted by Gasteiger charge is 2.33. The minimum atomic E-state index is -0.368. The Bertz CT molecular complexity index is 1790. The highest BCUT2D eigenvalue weighted by atomic mass is 16.5. The lowest BCUT2D eigenvalue weighted by Crippen LogP contribution is -2.44. The van der Waals surface area contributed by atoms with Gasteiger partial charge >= 0.3 is 0 Å². The number of hydrogen-bond acceptors (Lipinski definition) is 5. The second-order valence-electron chi connectivity index (χ2n) is 12.2. The SMILES string of the molecule is CCCCN(CCCC)C(=O)c1cc2n(n1)-c1ccc(-c3ccc(N(C)C)cc3)cc1C(=O)N1Cc3ccccc3CC1C#CO2. The maximum Gasteiger partial charge on any atom is 0.274 e. The molecule has 6 rings (SSSR count). The van der Waals surface area contributed by atoms with Gasteiger partial charge in [0.15, 0.2) is 5.69 Å². The molecule has 3 aromatic carbocycles. The number of aromatic nitrogens is 2. The number of rotatable bonds is 9. The Balaban J connectivity index is 1.46. The van der Waals surface area contributed by atoms with Crippen molar-refractivity contribution in [2.75, 3.05) is 32.1 Å². The summed E-state index contributed by atoms with van der Waals surface area (Å²) in [5, 5.41) is 4.77. The van der Waals surface area contributed by atoms with E-state index in [4.69, 9.17) is 9.84 Å². The molecule has 1 atom stereocenters. The lowest BCUT2D eigenvalue weighted by Gasteiger charge is -2.34. The highest BCUT2D eigenvalue weighted by molar-refractivity contribution is 6.00. The maximum atomic E-state index is 14.6. The second-order valence-corrected chi connectivity index (χ2v) is 12.2. The quantitative estimate of drug-likeness (QED) is 0.199. The standard InChI is InChI=1S/C38H41N5O3/c1-5-7-20-41(21-8-6-2)38(45)34-25-36-43(39-34)35-18-15-29(27-13-16-31(17-14-27)40(3)4)24-33(35)37(44)42-26-30-12-10-9-11-28(30)23-32(42)19-22-46-36/h9-18,24-25,32H,5-8,20-21,23,26H2,1-4H3. The van der Waals surface area contributed by atoms with Crippen LogP contribution in [0.3, 0.4) is 0 Å². The van der Waals surface area contributed by atoms with E-state index in [1.165, 1.54) is 5.56 Å². The predicted octanol–water partition coefficient (Wildman–Crippen LogP) is 6.57. The van der Waals surface area contributed by atoms with Gasteiger partial charge in [-0.15, -0.1) is 0 Å². The van der Waals surface area contributed by atoms with E-state index in [0.29, 0.717) is 43.2 Å². The molecule has 2 aliphatic heterocycles. The normalized spacial score (nSPS) is 14.9. The van der Waals surface area contributed by atoms with Crippen molar-refractivity contribution in [3.8, 4) is 34.7 Å². The number of carbonyl (C=O) groups is 2. The number of carbonyl (C=O) groups excluding carboxylic acids is 2. The van der Waals surface area contributed by atoms with Crippen molar-refractivity contribution in [2.24, 2.45) is 0 Å². The molecule has 0 saturated heterocycles. The largest absolute Gasteiger partial charge is 0.387 e. The molecule has 0 fully saturated rings. The Hall–Kier alpha value is -5.03. The summed E-state index contributed by atoms with van der Waals surface area (Å²) in [7, 11) is 4.02. The lowest BCUT2D eigenvalue weighted by molar-refractivity contribution is 0.0688. The molecule has 4 aromatic rings. The van der Waals surface area contributed by atoms with E-state index in [1.54, 1.807) is 10.7 Å². The summed E-state index contributed by atoms with van der Waals surface area (Å²) in [4.78, 5) is 34.2. The van der Waals surface area contributed by atoms with Gasteiger partial charge in [0.2, 0.25) is 5.88 Å². The van der Waals surface area contributed by atoms with Crippen molar-refractivity contribution in [1.82, 2.24) is 19.6 Å². The molecular weight excluding hydrogens is 574 g/mol. The molecule has 0 spiro atoms. The Morgan fingerprint density at radius 1 is 0.935 bits per heavy atom. The molecular formula is C38H41N5O3. The first kappa shape index (κ1) is 31.0. The fourth-order valence-corrected chi connectivity index (χ4v) is 6.08. The van der Waals surface area contributed by atoms with E-state index in [2.05, 4.69) is 67.2 Å². The average Bonchev–Trinajstić information content (AvgIpc) is 3.51. The van der Waals surface area contributed by atoms with E-state index in [0.717, 1.165) is 48.1 Å². The number of unbranched alkanes of at least 4 members (excludes halogenated alkanes) is 2. The van der Waals surface area contributed by atoms with Gasteiger partial charge in [0.25, 0.3) is 11.8 Å². The molecule has 1 aromatic heterocycles. The minimum Gasteiger partial charge on any atom is -0.387 e. The van der Waals surface area contributed by atoms with Crippen molar-refractivity contribution in [2.45, 2.75) is 58.5 Å². The van der Waals surface area contributed by atoms with Crippen LogP contribution in [0.1, 0.15) is 71.5 Å². The summed E-state index contributed by atoms with van der Waals surface area (Å²) in [5.41, 5.74) is 6.57. The third-order valence-electron chi connectivity index (χ3n) is 8.81. The number of nitrogens with zero attached hydrogens (tertiary/aromatic N) is 5. The topological polar surface area (TPSA) is 70.9 Å². The summed E-state index contributed by atoms with van der Waals surface area (Å²) in [6, 6.07) is 23.5. The molecule has 236 valence electrons. The van der Waals surface area contributed by atoms with Crippen LogP contribution in [0.15, 0.2) is 72.8 Å². The molecule has 8 nitrogen and oxygen atoms in total. The molecule has 0 aliphatic carbocycles. The van der Waals surface area contributed by atoms with Gasteiger partial charge in [0, 0.05) is 51.9 Å². The first-order chi connectivity index (χ1) is 22.4. The minimum absolute atomic E-state index is 0.140. The van der Waals surface area contributed by atoms with Gasteiger partial charge in [0.1, 0.15) is 12.1 Å². The van der Waals surface area contributed by atoms with Crippen LogP contribution in [0.25, 0.3) is 16.8 Å². The molecule has 2 amide bonds. The second kappa shape index (κ2) is 13.5. The molecule has 0 N–H and O–H groups in total. The van der Waals surface area contributed by atoms with Crippen LogP contribution in [0, 0.1) is 12.0 Å². The Morgan fingerprint density at radius 2 is 1.63 bits per heavy atom. The van der Waals surface area contributed by atoms with E-state index in [-0.39, 0.29) is 23.6 Å². The number of benzene rings is 3. The van der Waals surface area contributed by atoms with E-state index in [1.807, 2.05) is 54.2 Å². The van der Waals surface area contributed by atoms with Gasteiger partial charge in [-0.3, -0.25) is 9.59 Å². The average molecular weight is 616 g/mol. The molecule has 2 aliphatic rings. The van der Waals surface area contributed by atoms with Crippen molar-refractivity contribution in [1.29, 1.82) is 0 Å². The molecule has 0 bridgehead atoms. The van der Waals surface area contributed by atoms with Crippen LogP contribution < -0.4 is 9.64 Å². The van der Waals surface area contributed by atoms with Gasteiger partial charge in [-0.05, 0) is 65.3 Å². The van der Waals surface area contributed by atoms with Gasteiger partial charge in [-0.1, -0.05) is 69.2 Å². The fourth-order valence-electron chi connectivity index (χ4n) is 6.08. The first-order valence-corrected chi connectivity index (χ1v) is 16.2. The maximum absolute atomic E-state index is 14.6. The van der Waals surface area contributed by atoms with Crippen LogP contribution in [-0.4, -0.2) is 64.6 Å². The molecule has 8 heteroatoms. The van der Waals surface area contributed by atoms with Crippen LogP contribution in [0.2, 0.25) is 0 Å². The number of anilines is 1. The number of fused-ring (bicyclic) bond motifs is 5. The molecule has 3 heterocycles. The highest BCUT2D eigenvalue weighted by Crippen LogP contribution is 2.33. The summed E-state index contributed by atoms with van der Waals surface area (Å²) in [5.74, 6) is 3.23. The summed E-state index contributed by atoms with van der Waals surface area (Å²) < 4.78 is 7.60. The third kappa shape index (κ3) is 6.23. The van der Waals surface area contributed by atoms with Crippen molar-refractivity contribution in [3.63, 3.8) is 0 Å². The van der Waals surface area contributed by atoms with Gasteiger partial charge < -0.3 is 19.4 Å².